The van der Waals surface area contributed by atoms with Crippen LogP contribution < -0.4 is 0 Å². The lowest BCUT2D eigenvalue weighted by Gasteiger charge is -1.98. The second kappa shape index (κ2) is 4.52. The van der Waals surface area contributed by atoms with Crippen molar-refractivity contribution in [3.8, 4) is 11.8 Å². The molecular weight excluding hydrogens is 156 g/mol. The Kier molecular flexibility index (Phi) is 3.34. The van der Waals surface area contributed by atoms with E-state index in [1.54, 1.807) is 0 Å². The van der Waals surface area contributed by atoms with E-state index >= 15 is 0 Å². The van der Waals surface area contributed by atoms with Gasteiger partial charge in [0, 0.05) is 5.56 Å². The highest BCUT2D eigenvalue weighted by Gasteiger charge is 1.93. The maximum absolute atomic E-state index is 3.90. The highest BCUT2D eigenvalue weighted by molar-refractivity contribution is 5.39. The average Bonchev–Trinajstić information content (AvgIpc) is 2.15. The lowest BCUT2D eigenvalue weighted by atomic mass is 10.1. The van der Waals surface area contributed by atoms with Crippen molar-refractivity contribution in [1.29, 1.82) is 0 Å². The Hall–Kier alpha value is -1.48. The van der Waals surface area contributed by atoms with Crippen molar-refractivity contribution in [2.24, 2.45) is 5.92 Å². The van der Waals surface area contributed by atoms with Gasteiger partial charge in [0.05, 0.1) is 0 Å². The molecule has 1 rings (SSSR count). The highest BCUT2D eigenvalue weighted by atomic mass is 14.0. The molecule has 0 saturated heterocycles. The molecule has 1 aromatic carbocycles. The average molecular weight is 170 g/mol. The standard InChI is InChI=1S/C13H14/c1-11(2)12(3)9-10-13-7-5-4-6-8-13/h4-8,11H,3H2,1-2H3. The molecule has 0 aliphatic rings. The number of allylic oxidation sites excluding steroid dienone is 1. The maximum atomic E-state index is 3.90. The fraction of sp³-hybridized carbons (Fsp3) is 0.231. The largest absolute Gasteiger partial charge is 0.0871 e. The van der Waals surface area contributed by atoms with Crippen molar-refractivity contribution in [2.45, 2.75) is 13.8 Å². The van der Waals surface area contributed by atoms with Crippen LogP contribution in [0.25, 0.3) is 0 Å². The van der Waals surface area contributed by atoms with Gasteiger partial charge in [0.25, 0.3) is 0 Å². The molecular formula is C13H14. The van der Waals surface area contributed by atoms with Crippen molar-refractivity contribution in [3.63, 3.8) is 0 Å². The van der Waals surface area contributed by atoms with Gasteiger partial charge in [-0.25, -0.2) is 0 Å². The number of benzene rings is 1. The minimum atomic E-state index is 0.441. The molecule has 0 aromatic heterocycles. The van der Waals surface area contributed by atoms with Gasteiger partial charge in [-0.1, -0.05) is 50.5 Å². The summed E-state index contributed by atoms with van der Waals surface area (Å²) < 4.78 is 0. The summed E-state index contributed by atoms with van der Waals surface area (Å²) in [6.45, 7) is 8.09. The first-order valence-electron chi connectivity index (χ1n) is 4.46. The third-order valence-corrected chi connectivity index (χ3v) is 1.84. The van der Waals surface area contributed by atoms with Crippen molar-refractivity contribution in [1.82, 2.24) is 0 Å². The second-order valence-corrected chi connectivity index (χ2v) is 3.30. The first-order chi connectivity index (χ1) is 6.20. The molecule has 0 fully saturated rings. The van der Waals surface area contributed by atoms with Crippen LogP contribution in [0.5, 0.6) is 0 Å². The van der Waals surface area contributed by atoms with E-state index in [-0.39, 0.29) is 0 Å². The first-order valence-corrected chi connectivity index (χ1v) is 4.46. The minimum absolute atomic E-state index is 0.441. The quantitative estimate of drug-likeness (QED) is 0.567. The van der Waals surface area contributed by atoms with Crippen LogP contribution in [0.15, 0.2) is 42.5 Å². The Bertz CT molecular complexity index is 333. The van der Waals surface area contributed by atoms with Crippen molar-refractivity contribution in [2.75, 3.05) is 0 Å². The van der Waals surface area contributed by atoms with Gasteiger partial charge in [0.2, 0.25) is 0 Å². The summed E-state index contributed by atoms with van der Waals surface area (Å²) in [6, 6.07) is 9.97. The Morgan fingerprint density at radius 2 is 1.85 bits per heavy atom. The second-order valence-electron chi connectivity index (χ2n) is 3.30. The van der Waals surface area contributed by atoms with Gasteiger partial charge in [-0.3, -0.25) is 0 Å². The van der Waals surface area contributed by atoms with E-state index in [1.807, 2.05) is 30.3 Å². The summed E-state index contributed by atoms with van der Waals surface area (Å²) in [5, 5.41) is 0. The summed E-state index contributed by atoms with van der Waals surface area (Å²) in [7, 11) is 0. The fourth-order valence-electron chi connectivity index (χ4n) is 0.818. The van der Waals surface area contributed by atoms with Gasteiger partial charge in [0.15, 0.2) is 0 Å². The monoisotopic (exact) mass is 170 g/mol. The smallest absolute Gasteiger partial charge is 0.0248 e. The number of rotatable bonds is 1. The molecule has 0 atom stereocenters. The molecule has 0 aliphatic heterocycles. The van der Waals surface area contributed by atoms with Crippen LogP contribution in [0.1, 0.15) is 19.4 Å². The van der Waals surface area contributed by atoms with Crippen LogP contribution in [0.3, 0.4) is 0 Å². The van der Waals surface area contributed by atoms with Crippen molar-refractivity contribution < 1.29 is 0 Å². The van der Waals surface area contributed by atoms with Crippen LogP contribution in [-0.2, 0) is 0 Å². The molecule has 0 nitrogen and oxygen atoms in total. The Balaban J connectivity index is 2.74. The summed E-state index contributed by atoms with van der Waals surface area (Å²) in [4.78, 5) is 0. The van der Waals surface area contributed by atoms with Gasteiger partial charge in [-0.05, 0) is 23.6 Å². The Morgan fingerprint density at radius 3 is 2.38 bits per heavy atom. The fourth-order valence-corrected chi connectivity index (χ4v) is 0.818. The van der Waals surface area contributed by atoms with Crippen LogP contribution in [0, 0.1) is 17.8 Å². The lowest BCUT2D eigenvalue weighted by molar-refractivity contribution is 0.802. The Labute approximate surface area is 80.3 Å². The molecule has 0 N–H and O–H groups in total. The van der Waals surface area contributed by atoms with E-state index in [0.717, 1.165) is 11.1 Å². The zero-order valence-electron chi connectivity index (χ0n) is 8.17. The van der Waals surface area contributed by atoms with Gasteiger partial charge in [-0.15, -0.1) is 0 Å². The predicted molar refractivity (Wildman–Crippen MR) is 57.3 cm³/mol. The summed E-state index contributed by atoms with van der Waals surface area (Å²) >= 11 is 0. The molecule has 0 amide bonds. The molecule has 0 saturated carbocycles. The summed E-state index contributed by atoms with van der Waals surface area (Å²) in [6.07, 6.45) is 0. The molecule has 0 unspecified atom stereocenters. The van der Waals surface area contributed by atoms with Crippen LogP contribution in [0.4, 0.5) is 0 Å². The van der Waals surface area contributed by atoms with E-state index in [4.69, 9.17) is 0 Å². The summed E-state index contributed by atoms with van der Waals surface area (Å²) in [5.41, 5.74) is 2.04. The molecule has 1 aromatic rings. The van der Waals surface area contributed by atoms with E-state index in [1.165, 1.54) is 0 Å². The molecule has 0 aliphatic carbocycles. The van der Waals surface area contributed by atoms with Gasteiger partial charge in [-0.2, -0.15) is 0 Å². The Morgan fingerprint density at radius 1 is 1.23 bits per heavy atom. The third-order valence-electron chi connectivity index (χ3n) is 1.84. The van der Waals surface area contributed by atoms with E-state index in [0.29, 0.717) is 5.92 Å². The zero-order chi connectivity index (χ0) is 9.68. The van der Waals surface area contributed by atoms with E-state index in [9.17, 15) is 0 Å². The number of hydrogen-bond donors (Lipinski definition) is 0. The molecule has 0 bridgehead atoms. The van der Waals surface area contributed by atoms with E-state index < -0.39 is 0 Å². The van der Waals surface area contributed by atoms with Crippen molar-refractivity contribution >= 4 is 0 Å². The van der Waals surface area contributed by atoms with Crippen molar-refractivity contribution in [3.05, 3.63) is 48.0 Å². The van der Waals surface area contributed by atoms with Crippen LogP contribution in [0.2, 0.25) is 0 Å². The van der Waals surface area contributed by atoms with Gasteiger partial charge >= 0.3 is 0 Å². The predicted octanol–water partition coefficient (Wildman–Crippen LogP) is 3.25. The topological polar surface area (TPSA) is 0 Å². The highest BCUT2D eigenvalue weighted by Crippen LogP contribution is 2.04. The molecule has 0 spiro atoms. The minimum Gasteiger partial charge on any atom is -0.0871 e. The molecule has 0 heteroatoms. The lowest BCUT2D eigenvalue weighted by Crippen LogP contribution is -1.87. The molecule has 0 heterocycles. The maximum Gasteiger partial charge on any atom is 0.0248 e. The molecule has 0 radical (unpaired) electrons. The third kappa shape index (κ3) is 3.17. The van der Waals surface area contributed by atoms with Crippen LogP contribution >= 0.6 is 0 Å². The van der Waals surface area contributed by atoms with E-state index in [2.05, 4.69) is 32.3 Å². The van der Waals surface area contributed by atoms with Crippen LogP contribution in [-0.4, -0.2) is 0 Å². The van der Waals surface area contributed by atoms with Gasteiger partial charge < -0.3 is 0 Å². The molecule has 66 valence electrons. The first kappa shape index (κ1) is 9.61. The SMILES string of the molecule is C=C(C#Cc1ccccc1)C(C)C. The van der Waals surface area contributed by atoms with Gasteiger partial charge in [0.1, 0.15) is 0 Å². The molecule has 13 heavy (non-hydrogen) atoms. The zero-order valence-corrected chi connectivity index (χ0v) is 8.17. The number of hydrogen-bond acceptors (Lipinski definition) is 0. The normalized spacial score (nSPS) is 9.15. The summed E-state index contributed by atoms with van der Waals surface area (Å²) in [5.74, 6) is 6.57.